The minimum Gasteiger partial charge on any atom is -0.366 e. The lowest BCUT2D eigenvalue weighted by molar-refractivity contribution is -0.117. The molecule has 0 aliphatic heterocycles. The van der Waals surface area contributed by atoms with Gasteiger partial charge in [-0.05, 0) is 24.3 Å². The van der Waals surface area contributed by atoms with Crippen LogP contribution in [0.2, 0.25) is 0 Å². The standard InChI is InChI=1S/C13H15N5O2/c1-18-7-9(6-16-18)11(14)13(20)17-10-4-2-8(3-5-10)12(15)19/h2-7,11H,14H2,1H3,(H2,15,19)(H,17,20). The molecule has 1 aromatic heterocycles. The predicted octanol–water partition coefficient (Wildman–Crippen LogP) is 0.157. The third kappa shape index (κ3) is 3.01. The molecule has 2 aromatic rings. The maximum absolute atomic E-state index is 12.0. The van der Waals surface area contributed by atoms with Gasteiger partial charge in [0.05, 0.1) is 6.20 Å². The van der Waals surface area contributed by atoms with Gasteiger partial charge < -0.3 is 16.8 Å². The summed E-state index contributed by atoms with van der Waals surface area (Å²) in [5, 5.41) is 6.63. The van der Waals surface area contributed by atoms with Crippen LogP contribution in [0.5, 0.6) is 0 Å². The number of anilines is 1. The van der Waals surface area contributed by atoms with Gasteiger partial charge in [-0.2, -0.15) is 5.10 Å². The SMILES string of the molecule is Cn1cc(C(N)C(=O)Nc2ccc(C(N)=O)cc2)cn1. The topological polar surface area (TPSA) is 116 Å². The summed E-state index contributed by atoms with van der Waals surface area (Å²) in [7, 11) is 1.75. The normalized spacial score (nSPS) is 11.9. The fraction of sp³-hybridized carbons (Fsp3) is 0.154. The number of primary amides is 1. The number of hydrogen-bond donors (Lipinski definition) is 3. The van der Waals surface area contributed by atoms with Crippen molar-refractivity contribution in [2.75, 3.05) is 5.32 Å². The maximum Gasteiger partial charge on any atom is 0.248 e. The first-order valence-electron chi connectivity index (χ1n) is 5.92. The van der Waals surface area contributed by atoms with Gasteiger partial charge >= 0.3 is 0 Å². The molecular weight excluding hydrogens is 258 g/mol. The molecule has 1 unspecified atom stereocenters. The molecule has 2 rings (SSSR count). The Balaban J connectivity index is 2.05. The molecule has 5 N–H and O–H groups in total. The summed E-state index contributed by atoms with van der Waals surface area (Å²) in [6.07, 6.45) is 3.22. The van der Waals surface area contributed by atoms with Crippen molar-refractivity contribution in [1.29, 1.82) is 0 Å². The quantitative estimate of drug-likeness (QED) is 0.735. The van der Waals surface area contributed by atoms with E-state index >= 15 is 0 Å². The van der Waals surface area contributed by atoms with Gasteiger partial charge in [-0.1, -0.05) is 0 Å². The van der Waals surface area contributed by atoms with Crippen LogP contribution in [0.3, 0.4) is 0 Å². The molecule has 104 valence electrons. The number of aryl methyl sites for hydroxylation is 1. The van der Waals surface area contributed by atoms with Crippen LogP contribution in [0.15, 0.2) is 36.7 Å². The smallest absolute Gasteiger partial charge is 0.248 e. The molecular formula is C13H15N5O2. The van der Waals surface area contributed by atoms with Gasteiger partial charge in [-0.25, -0.2) is 0 Å². The van der Waals surface area contributed by atoms with E-state index in [1.165, 1.54) is 12.1 Å². The van der Waals surface area contributed by atoms with Crippen LogP contribution in [-0.2, 0) is 11.8 Å². The summed E-state index contributed by atoms with van der Waals surface area (Å²) in [6.45, 7) is 0. The third-order valence-electron chi connectivity index (χ3n) is 2.80. The maximum atomic E-state index is 12.0. The van der Waals surface area contributed by atoms with E-state index in [2.05, 4.69) is 10.4 Å². The zero-order valence-electron chi connectivity index (χ0n) is 10.9. The van der Waals surface area contributed by atoms with Crippen molar-refractivity contribution >= 4 is 17.5 Å². The molecule has 7 heteroatoms. The molecule has 0 saturated carbocycles. The zero-order chi connectivity index (χ0) is 14.7. The Morgan fingerprint density at radius 3 is 2.45 bits per heavy atom. The Hall–Kier alpha value is -2.67. The van der Waals surface area contributed by atoms with Crippen molar-refractivity contribution in [3.05, 3.63) is 47.8 Å². The second-order valence-corrected chi connectivity index (χ2v) is 4.36. The van der Waals surface area contributed by atoms with E-state index in [1.54, 1.807) is 36.3 Å². The molecule has 0 spiro atoms. The Labute approximate surface area is 115 Å². The molecule has 0 radical (unpaired) electrons. The first kappa shape index (κ1) is 13.8. The molecule has 0 saturated heterocycles. The van der Waals surface area contributed by atoms with Crippen LogP contribution in [0.4, 0.5) is 5.69 Å². The van der Waals surface area contributed by atoms with Crippen molar-refractivity contribution in [3.8, 4) is 0 Å². The summed E-state index contributed by atoms with van der Waals surface area (Å²) >= 11 is 0. The van der Waals surface area contributed by atoms with Gasteiger partial charge in [0.2, 0.25) is 11.8 Å². The molecule has 0 aliphatic carbocycles. The largest absolute Gasteiger partial charge is 0.366 e. The van der Waals surface area contributed by atoms with Crippen molar-refractivity contribution in [1.82, 2.24) is 9.78 Å². The minimum atomic E-state index is -0.806. The van der Waals surface area contributed by atoms with E-state index in [0.717, 1.165) is 0 Å². The summed E-state index contributed by atoms with van der Waals surface area (Å²) in [4.78, 5) is 22.9. The van der Waals surface area contributed by atoms with Crippen molar-refractivity contribution in [3.63, 3.8) is 0 Å². The number of benzene rings is 1. The van der Waals surface area contributed by atoms with Gasteiger partial charge in [0.25, 0.3) is 0 Å². The van der Waals surface area contributed by atoms with Gasteiger partial charge in [0, 0.05) is 30.1 Å². The molecule has 0 fully saturated rings. The Kier molecular flexibility index (Phi) is 3.81. The molecule has 1 aromatic carbocycles. The van der Waals surface area contributed by atoms with Crippen molar-refractivity contribution in [2.45, 2.75) is 6.04 Å². The van der Waals surface area contributed by atoms with Crippen LogP contribution < -0.4 is 16.8 Å². The number of nitrogens with zero attached hydrogens (tertiary/aromatic N) is 2. The van der Waals surface area contributed by atoms with Gasteiger partial charge in [0.1, 0.15) is 6.04 Å². The zero-order valence-corrected chi connectivity index (χ0v) is 10.9. The van der Waals surface area contributed by atoms with E-state index in [9.17, 15) is 9.59 Å². The minimum absolute atomic E-state index is 0.357. The number of nitrogens with one attached hydrogen (secondary N) is 1. The van der Waals surface area contributed by atoms with E-state index < -0.39 is 11.9 Å². The highest BCUT2D eigenvalue weighted by Crippen LogP contribution is 2.14. The van der Waals surface area contributed by atoms with Gasteiger partial charge in [-0.3, -0.25) is 14.3 Å². The number of rotatable bonds is 4. The Bertz CT molecular complexity index is 632. The Morgan fingerprint density at radius 2 is 1.95 bits per heavy atom. The average molecular weight is 273 g/mol. The van der Waals surface area contributed by atoms with Crippen molar-refractivity contribution < 1.29 is 9.59 Å². The fourth-order valence-corrected chi connectivity index (χ4v) is 1.69. The van der Waals surface area contributed by atoms with E-state index in [1.807, 2.05) is 0 Å². The number of carbonyl (C=O) groups excluding carboxylic acids is 2. The van der Waals surface area contributed by atoms with E-state index in [-0.39, 0.29) is 5.91 Å². The first-order valence-corrected chi connectivity index (χ1v) is 5.92. The number of nitrogens with two attached hydrogens (primary N) is 2. The number of hydrogen-bond acceptors (Lipinski definition) is 4. The predicted molar refractivity (Wildman–Crippen MR) is 73.7 cm³/mol. The molecule has 1 atom stereocenters. The number of carbonyl (C=O) groups is 2. The average Bonchev–Trinajstić information content (AvgIpc) is 2.85. The fourth-order valence-electron chi connectivity index (χ4n) is 1.69. The lowest BCUT2D eigenvalue weighted by Gasteiger charge is -2.10. The van der Waals surface area contributed by atoms with Gasteiger partial charge in [-0.15, -0.1) is 0 Å². The summed E-state index contributed by atoms with van der Waals surface area (Å²) in [5.74, 6) is -0.875. The highest BCUT2D eigenvalue weighted by molar-refractivity contribution is 5.96. The number of amides is 2. The summed E-state index contributed by atoms with van der Waals surface area (Å²) in [5.41, 5.74) is 12.5. The highest BCUT2D eigenvalue weighted by Gasteiger charge is 2.17. The summed E-state index contributed by atoms with van der Waals surface area (Å²) in [6, 6.07) is 5.45. The monoisotopic (exact) mass is 273 g/mol. The highest BCUT2D eigenvalue weighted by atomic mass is 16.2. The molecule has 7 nitrogen and oxygen atoms in total. The third-order valence-corrected chi connectivity index (χ3v) is 2.80. The molecule has 0 bridgehead atoms. The lowest BCUT2D eigenvalue weighted by Crippen LogP contribution is -2.27. The van der Waals surface area contributed by atoms with Crippen molar-refractivity contribution in [2.24, 2.45) is 18.5 Å². The second kappa shape index (κ2) is 5.54. The molecule has 2 amide bonds. The van der Waals surface area contributed by atoms with Gasteiger partial charge in [0.15, 0.2) is 0 Å². The van der Waals surface area contributed by atoms with Crippen LogP contribution in [-0.4, -0.2) is 21.6 Å². The molecule has 0 aliphatic rings. The lowest BCUT2D eigenvalue weighted by atomic mass is 10.1. The van der Waals surface area contributed by atoms with E-state index in [4.69, 9.17) is 11.5 Å². The van der Waals surface area contributed by atoms with Crippen LogP contribution >= 0.6 is 0 Å². The number of aromatic nitrogens is 2. The van der Waals surface area contributed by atoms with Crippen LogP contribution in [0, 0.1) is 0 Å². The summed E-state index contributed by atoms with van der Waals surface area (Å²) < 4.78 is 1.57. The van der Waals surface area contributed by atoms with Crippen LogP contribution in [0.1, 0.15) is 22.0 Å². The van der Waals surface area contributed by atoms with Crippen LogP contribution in [0.25, 0.3) is 0 Å². The first-order chi connectivity index (χ1) is 9.47. The Morgan fingerprint density at radius 1 is 1.30 bits per heavy atom. The second-order valence-electron chi connectivity index (χ2n) is 4.36. The molecule has 20 heavy (non-hydrogen) atoms. The van der Waals surface area contributed by atoms with E-state index in [0.29, 0.717) is 16.8 Å². The molecule has 1 heterocycles.